The van der Waals surface area contributed by atoms with Gasteiger partial charge < -0.3 is 5.32 Å². The first-order valence-electron chi connectivity index (χ1n) is 5.35. The van der Waals surface area contributed by atoms with Crippen molar-refractivity contribution in [3.05, 3.63) is 35.6 Å². The molecule has 0 amide bonds. The van der Waals surface area contributed by atoms with Crippen molar-refractivity contribution >= 4 is 17.5 Å². The summed E-state index contributed by atoms with van der Waals surface area (Å²) in [6, 6.07) is 6.13. The number of carbonyl (C=O) groups excluding carboxylic acids is 1. The maximum absolute atomic E-state index is 12.9. The monoisotopic (exact) mass is 239 g/mol. The van der Waals surface area contributed by atoms with Crippen LogP contribution in [0.15, 0.2) is 24.3 Å². The van der Waals surface area contributed by atoms with Gasteiger partial charge in [-0.15, -0.1) is 0 Å². The summed E-state index contributed by atoms with van der Waals surface area (Å²) in [5, 5.41) is 3.30. The maximum atomic E-state index is 12.9. The van der Waals surface area contributed by atoms with Gasteiger partial charge in [-0.25, -0.2) is 4.39 Å². The number of hydrogen-bond donors (Lipinski definition) is 1. The minimum absolute atomic E-state index is 0.0134. The van der Waals surface area contributed by atoms with Gasteiger partial charge in [-0.05, 0) is 12.1 Å². The van der Waals surface area contributed by atoms with E-state index in [-0.39, 0.29) is 17.6 Å². The van der Waals surface area contributed by atoms with Gasteiger partial charge in [-0.3, -0.25) is 4.79 Å². The molecule has 1 unspecified atom stereocenters. The molecule has 0 radical (unpaired) electrons. The molecule has 0 spiro atoms. The van der Waals surface area contributed by atoms with Crippen LogP contribution in [0.1, 0.15) is 16.8 Å². The number of benzene rings is 1. The predicted octanol–water partition coefficient (Wildman–Crippen LogP) is 2.10. The fraction of sp³-hybridized carbons (Fsp3) is 0.417. The number of nitrogens with one attached hydrogen (secondary N) is 1. The second-order valence-corrected chi connectivity index (χ2v) is 5.01. The molecule has 2 rings (SSSR count). The highest BCUT2D eigenvalue weighted by molar-refractivity contribution is 7.99. The lowest BCUT2D eigenvalue weighted by molar-refractivity contribution is 0.0971. The van der Waals surface area contributed by atoms with Crippen LogP contribution in [-0.4, -0.2) is 29.9 Å². The van der Waals surface area contributed by atoms with E-state index < -0.39 is 0 Å². The van der Waals surface area contributed by atoms with Crippen molar-refractivity contribution in [1.29, 1.82) is 0 Å². The molecule has 1 atom stereocenters. The molecule has 0 aromatic heterocycles. The third kappa shape index (κ3) is 3.06. The lowest BCUT2D eigenvalue weighted by Gasteiger charge is -2.22. The summed E-state index contributed by atoms with van der Waals surface area (Å²) in [6.07, 6.45) is 0.455. The second kappa shape index (κ2) is 5.46. The van der Waals surface area contributed by atoms with Gasteiger partial charge in [0.1, 0.15) is 5.82 Å². The van der Waals surface area contributed by atoms with Crippen molar-refractivity contribution in [2.75, 3.05) is 18.1 Å². The van der Waals surface area contributed by atoms with E-state index in [1.165, 1.54) is 12.1 Å². The summed E-state index contributed by atoms with van der Waals surface area (Å²) in [7, 11) is 0. The summed E-state index contributed by atoms with van der Waals surface area (Å²) in [4.78, 5) is 11.8. The van der Waals surface area contributed by atoms with Crippen molar-refractivity contribution < 1.29 is 9.18 Å². The lowest BCUT2D eigenvalue weighted by Crippen LogP contribution is -2.38. The Balaban J connectivity index is 1.97. The summed E-state index contributed by atoms with van der Waals surface area (Å²) in [6.45, 7) is 0.950. The van der Waals surface area contributed by atoms with E-state index in [0.717, 1.165) is 18.1 Å². The standard InChI is InChI=1S/C12H14FNOS/c13-10-3-1-2-9(6-10)12(15)7-11-8-16-5-4-14-11/h1-3,6,11,14H,4-5,7-8H2. The first-order valence-corrected chi connectivity index (χ1v) is 6.51. The van der Waals surface area contributed by atoms with Gasteiger partial charge >= 0.3 is 0 Å². The van der Waals surface area contributed by atoms with Gasteiger partial charge in [-0.2, -0.15) is 11.8 Å². The summed E-state index contributed by atoms with van der Waals surface area (Å²) in [5.41, 5.74) is 0.470. The molecule has 1 aliphatic heterocycles. The third-order valence-corrected chi connectivity index (χ3v) is 3.71. The normalized spacial score (nSPS) is 20.7. The zero-order valence-corrected chi connectivity index (χ0v) is 9.73. The van der Waals surface area contributed by atoms with Crippen molar-refractivity contribution in [2.45, 2.75) is 12.5 Å². The molecule has 0 saturated carbocycles. The van der Waals surface area contributed by atoms with Crippen molar-refractivity contribution in [3.8, 4) is 0 Å². The number of Topliss-reactive ketones (excluding diaryl/α,β-unsaturated/α-hetero) is 1. The Labute approximate surface area is 98.6 Å². The molecule has 1 heterocycles. The van der Waals surface area contributed by atoms with E-state index >= 15 is 0 Å². The number of halogens is 1. The molecular weight excluding hydrogens is 225 g/mol. The molecule has 86 valence electrons. The Morgan fingerprint density at radius 2 is 2.44 bits per heavy atom. The molecule has 4 heteroatoms. The van der Waals surface area contributed by atoms with Crippen molar-refractivity contribution in [1.82, 2.24) is 5.32 Å². The molecule has 1 N–H and O–H groups in total. The molecule has 0 bridgehead atoms. The molecule has 1 saturated heterocycles. The Morgan fingerprint density at radius 3 is 3.12 bits per heavy atom. The van der Waals surface area contributed by atoms with Crippen LogP contribution in [0.25, 0.3) is 0 Å². The molecule has 2 nitrogen and oxygen atoms in total. The van der Waals surface area contributed by atoms with E-state index in [1.807, 2.05) is 11.8 Å². The predicted molar refractivity (Wildman–Crippen MR) is 64.5 cm³/mol. The number of rotatable bonds is 3. The molecular formula is C12H14FNOS. The highest BCUT2D eigenvalue weighted by atomic mass is 32.2. The Hall–Kier alpha value is -0.870. The van der Waals surface area contributed by atoms with Crippen molar-refractivity contribution in [3.63, 3.8) is 0 Å². The first-order chi connectivity index (χ1) is 7.75. The van der Waals surface area contributed by atoms with Crippen LogP contribution in [0.3, 0.4) is 0 Å². The lowest BCUT2D eigenvalue weighted by atomic mass is 10.0. The highest BCUT2D eigenvalue weighted by Crippen LogP contribution is 2.14. The summed E-state index contributed by atoms with van der Waals surface area (Å²) in [5.74, 6) is 1.72. The molecule has 1 aliphatic rings. The second-order valence-electron chi connectivity index (χ2n) is 3.86. The zero-order valence-electron chi connectivity index (χ0n) is 8.91. The van der Waals surface area contributed by atoms with Crippen LogP contribution in [-0.2, 0) is 0 Å². The van der Waals surface area contributed by atoms with Crippen LogP contribution in [0, 0.1) is 5.82 Å². The van der Waals surface area contributed by atoms with E-state index in [2.05, 4.69) is 5.32 Å². The number of carbonyl (C=O) groups is 1. The highest BCUT2D eigenvalue weighted by Gasteiger charge is 2.17. The Morgan fingerprint density at radius 1 is 1.56 bits per heavy atom. The van der Waals surface area contributed by atoms with Crippen LogP contribution in [0.4, 0.5) is 4.39 Å². The topological polar surface area (TPSA) is 29.1 Å². The smallest absolute Gasteiger partial charge is 0.164 e. The van der Waals surface area contributed by atoms with Crippen LogP contribution < -0.4 is 5.32 Å². The Kier molecular flexibility index (Phi) is 3.96. The van der Waals surface area contributed by atoms with Crippen LogP contribution >= 0.6 is 11.8 Å². The van der Waals surface area contributed by atoms with Gasteiger partial charge in [0, 0.05) is 36.1 Å². The molecule has 0 aliphatic carbocycles. The van der Waals surface area contributed by atoms with E-state index in [9.17, 15) is 9.18 Å². The first kappa shape index (κ1) is 11.6. The van der Waals surface area contributed by atoms with Crippen molar-refractivity contribution in [2.24, 2.45) is 0 Å². The average Bonchev–Trinajstić information content (AvgIpc) is 2.30. The largest absolute Gasteiger partial charge is 0.312 e. The van der Waals surface area contributed by atoms with Gasteiger partial charge in [0.15, 0.2) is 5.78 Å². The van der Waals surface area contributed by atoms with Gasteiger partial charge in [0.2, 0.25) is 0 Å². The molecule has 1 aromatic rings. The fourth-order valence-electron chi connectivity index (χ4n) is 1.75. The van der Waals surface area contributed by atoms with E-state index in [4.69, 9.17) is 0 Å². The summed E-state index contributed by atoms with van der Waals surface area (Å²) >= 11 is 1.85. The molecule has 1 fully saturated rings. The SMILES string of the molecule is O=C(CC1CSCCN1)c1cccc(F)c1. The van der Waals surface area contributed by atoms with Gasteiger partial charge in [-0.1, -0.05) is 12.1 Å². The quantitative estimate of drug-likeness (QED) is 0.819. The number of hydrogen-bond acceptors (Lipinski definition) is 3. The van der Waals surface area contributed by atoms with E-state index in [0.29, 0.717) is 12.0 Å². The maximum Gasteiger partial charge on any atom is 0.164 e. The zero-order chi connectivity index (χ0) is 11.4. The fourth-order valence-corrected chi connectivity index (χ4v) is 2.70. The summed E-state index contributed by atoms with van der Waals surface area (Å²) < 4.78 is 12.9. The minimum atomic E-state index is -0.350. The van der Waals surface area contributed by atoms with Gasteiger partial charge in [0.25, 0.3) is 0 Å². The van der Waals surface area contributed by atoms with Crippen LogP contribution in [0.5, 0.6) is 0 Å². The molecule has 16 heavy (non-hydrogen) atoms. The van der Waals surface area contributed by atoms with Gasteiger partial charge in [0.05, 0.1) is 0 Å². The third-order valence-electron chi connectivity index (χ3n) is 2.58. The average molecular weight is 239 g/mol. The van der Waals surface area contributed by atoms with E-state index in [1.54, 1.807) is 12.1 Å². The Bertz CT molecular complexity index is 377. The molecule has 1 aromatic carbocycles. The van der Waals surface area contributed by atoms with Crippen LogP contribution in [0.2, 0.25) is 0 Å². The number of thioether (sulfide) groups is 1. The minimum Gasteiger partial charge on any atom is -0.312 e. The number of ketones is 1.